The summed E-state index contributed by atoms with van der Waals surface area (Å²) in [6.07, 6.45) is 3.10. The first-order valence-corrected chi connectivity index (χ1v) is 14.1. The van der Waals surface area contributed by atoms with Crippen molar-refractivity contribution in [1.82, 2.24) is 26.4 Å². The molecule has 0 radical (unpaired) electrons. The second-order valence-corrected chi connectivity index (χ2v) is 11.3. The fourth-order valence-electron chi connectivity index (χ4n) is 4.00. The highest BCUT2D eigenvalue weighted by Gasteiger charge is 2.26. The zero-order valence-electron chi connectivity index (χ0n) is 25.7. The number of unbranched alkanes of at least 4 members (excludes halogenated alkanes) is 1. The van der Waals surface area contributed by atoms with Crippen LogP contribution in [0, 0.1) is 30.6 Å². The topological polar surface area (TPSA) is 175 Å². The molecular weight excluding hydrogens is 552 g/mol. The van der Waals surface area contributed by atoms with Crippen LogP contribution in [-0.4, -0.2) is 61.1 Å². The van der Waals surface area contributed by atoms with Crippen LogP contribution in [-0.2, 0) is 25.7 Å². The lowest BCUT2D eigenvalue weighted by Gasteiger charge is -2.22. The normalized spacial score (nSPS) is 12.9. The highest BCUT2D eigenvalue weighted by Crippen LogP contribution is 2.17. The van der Waals surface area contributed by atoms with Gasteiger partial charge >= 0.3 is 5.97 Å². The third-order valence-corrected chi connectivity index (χ3v) is 6.27. The fourth-order valence-corrected chi connectivity index (χ4v) is 4.00. The van der Waals surface area contributed by atoms with E-state index in [1.165, 1.54) is 13.2 Å². The van der Waals surface area contributed by atoms with Crippen LogP contribution in [0.5, 0.6) is 0 Å². The van der Waals surface area contributed by atoms with Gasteiger partial charge in [-0.05, 0) is 44.1 Å². The number of aromatic nitrogens is 1. The molecule has 0 unspecified atom stereocenters. The molecule has 2 atom stereocenters. The molecule has 0 saturated carbocycles. The number of amides is 3. The Morgan fingerprint density at radius 1 is 1.07 bits per heavy atom. The summed E-state index contributed by atoms with van der Waals surface area (Å²) in [5.41, 5.74) is 1.79. The van der Waals surface area contributed by atoms with E-state index in [0.29, 0.717) is 38.1 Å². The molecule has 2 rings (SSSR count). The second kappa shape index (κ2) is 16.8. The predicted octanol–water partition coefficient (Wildman–Crippen LogP) is 2.62. The molecule has 0 fully saturated rings. The lowest BCUT2D eigenvalue weighted by Crippen LogP contribution is -2.53. The molecular formula is C31H42N6O6. The Labute approximate surface area is 252 Å². The van der Waals surface area contributed by atoms with Crippen LogP contribution in [0.2, 0.25) is 0 Å². The van der Waals surface area contributed by atoms with Crippen LogP contribution in [0.25, 0.3) is 0 Å². The number of hydrogen-bond acceptors (Lipinski definition) is 9. The van der Waals surface area contributed by atoms with Crippen molar-refractivity contribution in [2.24, 2.45) is 5.41 Å². The SMILES string of the molecule is COC(=O)[C@H](CN[C@@H](CCCCNC(=O)C(C#N)=CC(C)(C)C)C(=O)NCc1ccc(C)cc1)NC(=O)c1cc(C)on1. The summed E-state index contributed by atoms with van der Waals surface area (Å²) >= 11 is 0. The van der Waals surface area contributed by atoms with Gasteiger partial charge in [0.25, 0.3) is 11.8 Å². The van der Waals surface area contributed by atoms with Crippen LogP contribution in [0.4, 0.5) is 0 Å². The second-order valence-electron chi connectivity index (χ2n) is 11.3. The van der Waals surface area contributed by atoms with Gasteiger partial charge in [0.1, 0.15) is 23.4 Å². The Hall–Kier alpha value is -4.50. The van der Waals surface area contributed by atoms with E-state index >= 15 is 0 Å². The average molecular weight is 595 g/mol. The van der Waals surface area contributed by atoms with Gasteiger partial charge in [-0.3, -0.25) is 14.4 Å². The van der Waals surface area contributed by atoms with Gasteiger partial charge < -0.3 is 30.5 Å². The number of carbonyl (C=O) groups excluding carboxylic acids is 4. The van der Waals surface area contributed by atoms with Crippen molar-refractivity contribution in [3.63, 3.8) is 0 Å². The molecule has 0 aliphatic carbocycles. The van der Waals surface area contributed by atoms with E-state index in [0.717, 1.165) is 11.1 Å². The molecule has 0 saturated heterocycles. The third kappa shape index (κ3) is 12.5. The zero-order chi connectivity index (χ0) is 32.0. The van der Waals surface area contributed by atoms with E-state index in [9.17, 15) is 24.4 Å². The van der Waals surface area contributed by atoms with E-state index < -0.39 is 29.9 Å². The number of nitrogens with zero attached hydrogens (tertiary/aromatic N) is 2. The largest absolute Gasteiger partial charge is 0.467 e. The number of carbonyl (C=O) groups is 4. The van der Waals surface area contributed by atoms with Crippen LogP contribution in [0.15, 0.2) is 46.5 Å². The lowest BCUT2D eigenvalue weighted by molar-refractivity contribution is -0.143. The Bertz CT molecular complexity index is 1320. The minimum atomic E-state index is -1.10. The molecule has 0 aliphatic heterocycles. The molecule has 12 nitrogen and oxygen atoms in total. The molecule has 3 amide bonds. The number of ether oxygens (including phenoxy) is 1. The lowest BCUT2D eigenvalue weighted by atomic mass is 9.93. The van der Waals surface area contributed by atoms with Gasteiger partial charge in [-0.15, -0.1) is 0 Å². The van der Waals surface area contributed by atoms with E-state index in [1.807, 2.05) is 58.0 Å². The first-order valence-electron chi connectivity index (χ1n) is 14.1. The quantitative estimate of drug-likeness (QED) is 0.105. The first kappa shape index (κ1) is 34.7. The Balaban J connectivity index is 2.03. The van der Waals surface area contributed by atoms with Crippen molar-refractivity contribution in [2.75, 3.05) is 20.2 Å². The number of allylic oxidation sites excluding steroid dienone is 1. The van der Waals surface area contributed by atoms with E-state index in [2.05, 4.69) is 26.4 Å². The summed E-state index contributed by atoms with van der Waals surface area (Å²) in [4.78, 5) is 50.6. The molecule has 1 heterocycles. The Morgan fingerprint density at radius 3 is 2.35 bits per heavy atom. The Kier molecular flexibility index (Phi) is 13.6. The number of methoxy groups -OCH3 is 1. The summed E-state index contributed by atoms with van der Waals surface area (Å²) in [6, 6.07) is 9.34. The molecule has 0 aliphatic rings. The number of benzene rings is 1. The van der Waals surface area contributed by atoms with Crippen LogP contribution < -0.4 is 21.3 Å². The van der Waals surface area contributed by atoms with Gasteiger partial charge in [0.05, 0.1) is 13.2 Å². The van der Waals surface area contributed by atoms with Crippen LogP contribution in [0.1, 0.15) is 67.4 Å². The maximum Gasteiger partial charge on any atom is 0.329 e. The molecule has 0 spiro atoms. The maximum absolute atomic E-state index is 13.2. The molecule has 1 aromatic carbocycles. The predicted molar refractivity (Wildman–Crippen MR) is 159 cm³/mol. The number of esters is 1. The highest BCUT2D eigenvalue weighted by atomic mass is 16.5. The number of rotatable bonds is 15. The van der Waals surface area contributed by atoms with Gasteiger partial charge in [0.15, 0.2) is 5.69 Å². The smallest absolute Gasteiger partial charge is 0.329 e. The first-order chi connectivity index (χ1) is 20.3. The van der Waals surface area contributed by atoms with E-state index in [-0.39, 0.29) is 29.1 Å². The number of hydrogen-bond donors (Lipinski definition) is 4. The molecule has 12 heteroatoms. The third-order valence-electron chi connectivity index (χ3n) is 6.27. The van der Waals surface area contributed by atoms with Crippen molar-refractivity contribution < 1.29 is 28.4 Å². The van der Waals surface area contributed by atoms with Crippen LogP contribution >= 0.6 is 0 Å². The number of aryl methyl sites for hydroxylation is 2. The summed E-state index contributed by atoms with van der Waals surface area (Å²) < 4.78 is 9.78. The van der Waals surface area contributed by atoms with Gasteiger partial charge in [-0.1, -0.05) is 61.8 Å². The molecule has 4 N–H and O–H groups in total. The monoisotopic (exact) mass is 594 g/mol. The number of nitriles is 1. The number of nitrogens with one attached hydrogen (secondary N) is 4. The van der Waals surface area contributed by atoms with Crippen molar-refractivity contribution in [3.8, 4) is 6.07 Å². The summed E-state index contributed by atoms with van der Waals surface area (Å²) in [6.45, 7) is 9.87. The van der Waals surface area contributed by atoms with Crippen molar-refractivity contribution >= 4 is 23.7 Å². The Morgan fingerprint density at radius 2 is 1.77 bits per heavy atom. The molecule has 2 aromatic rings. The minimum Gasteiger partial charge on any atom is -0.467 e. The van der Waals surface area contributed by atoms with E-state index in [1.54, 1.807) is 13.0 Å². The molecule has 0 bridgehead atoms. The van der Waals surface area contributed by atoms with Crippen molar-refractivity contribution in [1.29, 1.82) is 5.26 Å². The summed E-state index contributed by atoms with van der Waals surface area (Å²) in [7, 11) is 1.20. The molecule has 43 heavy (non-hydrogen) atoms. The van der Waals surface area contributed by atoms with Crippen molar-refractivity contribution in [2.45, 2.75) is 72.5 Å². The zero-order valence-corrected chi connectivity index (χ0v) is 25.7. The molecule has 1 aromatic heterocycles. The van der Waals surface area contributed by atoms with Gasteiger partial charge in [0, 0.05) is 25.7 Å². The van der Waals surface area contributed by atoms with Crippen molar-refractivity contribution in [3.05, 3.63) is 64.6 Å². The van der Waals surface area contributed by atoms with E-state index in [4.69, 9.17) is 9.26 Å². The van der Waals surface area contributed by atoms with Gasteiger partial charge in [0.2, 0.25) is 5.91 Å². The summed E-state index contributed by atoms with van der Waals surface area (Å²) in [5, 5.41) is 24.3. The van der Waals surface area contributed by atoms with Gasteiger partial charge in [-0.25, -0.2) is 4.79 Å². The molecule has 232 valence electrons. The van der Waals surface area contributed by atoms with Crippen LogP contribution in [0.3, 0.4) is 0 Å². The standard InChI is InChI=1S/C31H42N6O6/c1-20-10-12-22(13-11-20)18-35-28(39)24(9-7-8-14-33-27(38)23(17-32)16-31(3,4)5)34-19-26(30(41)42-6)36-29(40)25-15-21(2)43-37-25/h10-13,15-16,24,26,34H,7-9,14,18-19H2,1-6H3,(H,33,38)(H,35,39)(H,36,40)/t24-,26-/m0/s1. The highest BCUT2D eigenvalue weighted by molar-refractivity contribution is 5.97. The fraction of sp³-hybridized carbons (Fsp3) is 0.484. The minimum absolute atomic E-state index is 0.0118. The summed E-state index contributed by atoms with van der Waals surface area (Å²) in [5.74, 6) is -1.61. The van der Waals surface area contributed by atoms with Gasteiger partial charge in [-0.2, -0.15) is 5.26 Å². The average Bonchev–Trinajstić information content (AvgIpc) is 3.41. The maximum atomic E-state index is 13.2.